The molecule has 0 bridgehead atoms. The van der Waals surface area contributed by atoms with E-state index in [1.165, 1.54) is 12.1 Å². The third-order valence-corrected chi connectivity index (χ3v) is 0.980. The Morgan fingerprint density at radius 3 is 2.20 bits per heavy atom. The fraction of sp³-hybridized carbons (Fsp3) is 0.333. The van der Waals surface area contributed by atoms with Crippen LogP contribution < -0.4 is 0 Å². The Hall–Kier alpha value is -0.850. The van der Waals surface area contributed by atoms with Crippen LogP contribution in [0, 0.1) is 12.7 Å². The highest BCUT2D eigenvalue weighted by molar-refractivity contribution is 5.13. The standard InChI is InChI=1S/C7H7F.C2H6.H2/c1-6-3-2-4-7(8)5-6;1-2;/h2-5H,1H3;1-2H3;1H. The van der Waals surface area contributed by atoms with Crippen LogP contribution in [0.1, 0.15) is 20.8 Å². The van der Waals surface area contributed by atoms with Crippen LogP contribution >= 0.6 is 0 Å². The lowest BCUT2D eigenvalue weighted by atomic mass is 10.2. The van der Waals surface area contributed by atoms with Crippen LogP contribution in [0.5, 0.6) is 0 Å². The molecule has 0 fully saturated rings. The van der Waals surface area contributed by atoms with Crippen molar-refractivity contribution in [2.45, 2.75) is 20.8 Å². The van der Waals surface area contributed by atoms with Crippen molar-refractivity contribution in [3.63, 3.8) is 0 Å². The molecule has 0 N–H and O–H groups in total. The molecule has 0 heterocycles. The van der Waals surface area contributed by atoms with Crippen molar-refractivity contribution >= 4 is 0 Å². The molecular formula is C9H15F. The van der Waals surface area contributed by atoms with Crippen molar-refractivity contribution in [1.82, 2.24) is 0 Å². The monoisotopic (exact) mass is 142 g/mol. The molecule has 58 valence electrons. The molecule has 0 amide bonds. The number of halogens is 1. The smallest absolute Gasteiger partial charge is 0.123 e. The van der Waals surface area contributed by atoms with Crippen molar-refractivity contribution < 1.29 is 5.82 Å². The predicted octanol–water partition coefficient (Wildman–Crippen LogP) is 3.41. The maximum absolute atomic E-state index is 12.2. The van der Waals surface area contributed by atoms with Gasteiger partial charge in [-0.3, -0.25) is 0 Å². The topological polar surface area (TPSA) is 0 Å². The first kappa shape index (κ1) is 9.15. The van der Waals surface area contributed by atoms with Gasteiger partial charge >= 0.3 is 0 Å². The molecule has 1 aromatic carbocycles. The Morgan fingerprint density at radius 2 is 1.90 bits per heavy atom. The van der Waals surface area contributed by atoms with Crippen LogP contribution in [0.4, 0.5) is 4.39 Å². The highest BCUT2D eigenvalue weighted by Crippen LogP contribution is 1.99. The minimum Gasteiger partial charge on any atom is -0.207 e. The first-order chi connectivity index (χ1) is 4.79. The van der Waals surface area contributed by atoms with Gasteiger partial charge in [-0.25, -0.2) is 4.39 Å². The molecule has 10 heavy (non-hydrogen) atoms. The molecule has 1 heteroatoms. The van der Waals surface area contributed by atoms with Gasteiger partial charge in [0.15, 0.2) is 0 Å². The van der Waals surface area contributed by atoms with E-state index >= 15 is 0 Å². The first-order valence-corrected chi connectivity index (χ1v) is 3.51. The van der Waals surface area contributed by atoms with Gasteiger partial charge in [0.25, 0.3) is 0 Å². The summed E-state index contributed by atoms with van der Waals surface area (Å²) in [6.07, 6.45) is 0. The fourth-order valence-electron chi connectivity index (χ4n) is 0.606. The van der Waals surface area contributed by atoms with E-state index in [0.29, 0.717) is 0 Å². The number of aryl methyl sites for hydroxylation is 1. The summed E-state index contributed by atoms with van der Waals surface area (Å²) >= 11 is 0. The van der Waals surface area contributed by atoms with Crippen LogP contribution in [0.2, 0.25) is 0 Å². The quantitative estimate of drug-likeness (QED) is 0.520. The zero-order valence-electron chi connectivity index (χ0n) is 6.69. The zero-order valence-corrected chi connectivity index (χ0v) is 6.69. The molecule has 0 saturated carbocycles. The Kier molecular flexibility index (Phi) is 4.55. The SMILES string of the molecule is CC.Cc1cccc(F)c1.[HH]. The molecule has 0 atom stereocenters. The summed E-state index contributed by atoms with van der Waals surface area (Å²) in [7, 11) is 0. The van der Waals surface area contributed by atoms with Gasteiger partial charge < -0.3 is 0 Å². The molecule has 0 unspecified atom stereocenters. The third-order valence-electron chi connectivity index (χ3n) is 0.980. The maximum Gasteiger partial charge on any atom is 0.123 e. The second-order valence-electron chi connectivity index (χ2n) is 1.80. The average Bonchev–Trinajstić information content (AvgIpc) is 1.91. The highest BCUT2D eigenvalue weighted by atomic mass is 19.1. The Balaban J connectivity index is 0. The van der Waals surface area contributed by atoms with Gasteiger partial charge in [-0.15, -0.1) is 0 Å². The summed E-state index contributed by atoms with van der Waals surface area (Å²) in [5, 5.41) is 0. The third kappa shape index (κ3) is 3.23. The summed E-state index contributed by atoms with van der Waals surface area (Å²) in [5.41, 5.74) is 0.963. The number of hydrogen-bond donors (Lipinski definition) is 0. The zero-order chi connectivity index (χ0) is 7.98. The van der Waals surface area contributed by atoms with E-state index in [4.69, 9.17) is 0 Å². The lowest BCUT2D eigenvalue weighted by Crippen LogP contribution is -1.72. The van der Waals surface area contributed by atoms with E-state index in [1.807, 2.05) is 26.8 Å². The van der Waals surface area contributed by atoms with Crippen LogP contribution in [0.25, 0.3) is 0 Å². The summed E-state index contributed by atoms with van der Waals surface area (Å²) in [4.78, 5) is 0. The maximum atomic E-state index is 12.2. The summed E-state index contributed by atoms with van der Waals surface area (Å²) in [6.45, 7) is 5.86. The van der Waals surface area contributed by atoms with E-state index in [9.17, 15) is 4.39 Å². The minimum absolute atomic E-state index is 0. The van der Waals surface area contributed by atoms with Crippen molar-refractivity contribution in [1.29, 1.82) is 0 Å². The Labute approximate surface area is 63.2 Å². The van der Waals surface area contributed by atoms with Crippen LogP contribution in [0.3, 0.4) is 0 Å². The van der Waals surface area contributed by atoms with E-state index < -0.39 is 0 Å². The summed E-state index contributed by atoms with van der Waals surface area (Å²) < 4.78 is 12.2. The van der Waals surface area contributed by atoms with Gasteiger partial charge in [-0.2, -0.15) is 0 Å². The highest BCUT2D eigenvalue weighted by Gasteiger charge is 1.84. The number of rotatable bonds is 0. The van der Waals surface area contributed by atoms with Crippen molar-refractivity contribution in [3.05, 3.63) is 35.6 Å². The Bertz CT molecular complexity index is 169. The Morgan fingerprint density at radius 1 is 1.30 bits per heavy atom. The van der Waals surface area contributed by atoms with Crippen LogP contribution in [-0.4, -0.2) is 0 Å². The predicted molar refractivity (Wildman–Crippen MR) is 44.6 cm³/mol. The van der Waals surface area contributed by atoms with E-state index in [1.54, 1.807) is 6.07 Å². The molecule has 0 radical (unpaired) electrons. The molecule has 0 nitrogen and oxygen atoms in total. The molecule has 1 aromatic rings. The van der Waals surface area contributed by atoms with Gasteiger partial charge in [-0.1, -0.05) is 26.0 Å². The molecular weight excluding hydrogens is 127 g/mol. The second-order valence-corrected chi connectivity index (χ2v) is 1.80. The molecule has 0 aliphatic carbocycles. The molecule has 0 aromatic heterocycles. The van der Waals surface area contributed by atoms with Gasteiger partial charge in [0.1, 0.15) is 5.82 Å². The lowest BCUT2D eigenvalue weighted by molar-refractivity contribution is 0.626. The van der Waals surface area contributed by atoms with Gasteiger partial charge in [0.2, 0.25) is 0 Å². The van der Waals surface area contributed by atoms with Crippen LogP contribution in [0.15, 0.2) is 24.3 Å². The second kappa shape index (κ2) is 4.98. The molecule has 0 aliphatic heterocycles. The van der Waals surface area contributed by atoms with E-state index in [2.05, 4.69) is 0 Å². The minimum atomic E-state index is -0.162. The number of benzene rings is 1. The molecule has 0 aliphatic rings. The average molecular weight is 142 g/mol. The molecule has 0 saturated heterocycles. The van der Waals surface area contributed by atoms with Gasteiger partial charge in [-0.05, 0) is 24.6 Å². The lowest BCUT2D eigenvalue weighted by Gasteiger charge is -1.87. The van der Waals surface area contributed by atoms with Crippen molar-refractivity contribution in [2.75, 3.05) is 0 Å². The first-order valence-electron chi connectivity index (χ1n) is 3.51. The fourth-order valence-corrected chi connectivity index (χ4v) is 0.606. The van der Waals surface area contributed by atoms with Crippen LogP contribution in [-0.2, 0) is 0 Å². The van der Waals surface area contributed by atoms with E-state index in [0.717, 1.165) is 5.56 Å². The van der Waals surface area contributed by atoms with E-state index in [-0.39, 0.29) is 7.24 Å². The summed E-state index contributed by atoms with van der Waals surface area (Å²) in [5.74, 6) is -0.162. The molecule has 0 spiro atoms. The van der Waals surface area contributed by atoms with Crippen molar-refractivity contribution in [3.8, 4) is 0 Å². The molecule has 1 rings (SSSR count). The normalized spacial score (nSPS) is 8.00. The van der Waals surface area contributed by atoms with Gasteiger partial charge in [0.05, 0.1) is 0 Å². The largest absolute Gasteiger partial charge is 0.207 e. The number of hydrogen-bond acceptors (Lipinski definition) is 0. The van der Waals surface area contributed by atoms with Gasteiger partial charge in [0, 0.05) is 1.43 Å². The summed E-state index contributed by atoms with van der Waals surface area (Å²) in [6, 6.07) is 6.50. The van der Waals surface area contributed by atoms with Crippen molar-refractivity contribution in [2.24, 2.45) is 0 Å².